The molecule has 0 radical (unpaired) electrons. The second-order valence-corrected chi connectivity index (χ2v) is 3.47. The van der Waals surface area contributed by atoms with Gasteiger partial charge in [-0.25, -0.2) is 14.4 Å². The maximum absolute atomic E-state index is 13.8. The van der Waals surface area contributed by atoms with Crippen LogP contribution in [0.4, 0.5) is 4.39 Å². The summed E-state index contributed by atoms with van der Waals surface area (Å²) in [6, 6.07) is 5.17. The molecule has 1 N–H and O–H groups in total. The lowest BCUT2D eigenvalue weighted by Gasteiger charge is -2.05. The molecule has 0 bridgehead atoms. The van der Waals surface area contributed by atoms with E-state index in [1.165, 1.54) is 12.4 Å². The van der Waals surface area contributed by atoms with Gasteiger partial charge in [-0.05, 0) is 18.7 Å². The zero-order chi connectivity index (χ0) is 11.4. The Labute approximate surface area is 93.4 Å². The maximum atomic E-state index is 13.8. The van der Waals surface area contributed by atoms with Crippen molar-refractivity contribution in [3.8, 4) is 11.1 Å². The van der Waals surface area contributed by atoms with Gasteiger partial charge in [0.2, 0.25) is 0 Å². The summed E-state index contributed by atoms with van der Waals surface area (Å²) in [5.41, 5.74) is 2.14. The van der Waals surface area contributed by atoms with Gasteiger partial charge >= 0.3 is 0 Å². The topological polar surface area (TPSA) is 37.8 Å². The molecule has 1 heterocycles. The number of hydrogen-bond acceptors (Lipinski definition) is 3. The van der Waals surface area contributed by atoms with Crippen LogP contribution in [-0.2, 0) is 6.54 Å². The van der Waals surface area contributed by atoms with E-state index in [9.17, 15) is 4.39 Å². The molecular weight excluding hydrogens is 205 g/mol. The molecule has 0 saturated carbocycles. The highest BCUT2D eigenvalue weighted by Crippen LogP contribution is 2.21. The van der Waals surface area contributed by atoms with Crippen molar-refractivity contribution in [3.63, 3.8) is 0 Å². The average Bonchev–Trinajstić information content (AvgIpc) is 2.31. The highest BCUT2D eigenvalue weighted by atomic mass is 19.1. The lowest BCUT2D eigenvalue weighted by atomic mass is 10.1. The minimum atomic E-state index is -0.248. The van der Waals surface area contributed by atoms with E-state index in [0.717, 1.165) is 5.56 Å². The average molecular weight is 217 g/mol. The molecule has 1 aromatic heterocycles. The lowest BCUT2D eigenvalue weighted by Crippen LogP contribution is -2.05. The number of nitrogens with one attached hydrogen (secondary N) is 1. The minimum absolute atomic E-state index is 0.248. The molecule has 0 unspecified atom stereocenters. The van der Waals surface area contributed by atoms with E-state index in [1.807, 2.05) is 13.1 Å². The van der Waals surface area contributed by atoms with Crippen molar-refractivity contribution in [1.82, 2.24) is 15.3 Å². The Hall–Kier alpha value is -1.81. The number of nitrogens with zero attached hydrogens (tertiary/aromatic N) is 2. The number of benzene rings is 1. The monoisotopic (exact) mass is 217 g/mol. The fraction of sp³-hybridized carbons (Fsp3) is 0.167. The van der Waals surface area contributed by atoms with E-state index in [1.54, 1.807) is 18.5 Å². The van der Waals surface area contributed by atoms with Gasteiger partial charge in [0, 0.05) is 30.1 Å². The summed E-state index contributed by atoms with van der Waals surface area (Å²) in [6.45, 7) is 0.655. The molecule has 0 saturated heterocycles. The van der Waals surface area contributed by atoms with Crippen LogP contribution in [0.15, 0.2) is 36.9 Å². The maximum Gasteiger partial charge on any atom is 0.131 e. The van der Waals surface area contributed by atoms with Crippen molar-refractivity contribution >= 4 is 0 Å². The Morgan fingerprint density at radius 2 is 2.00 bits per heavy atom. The molecule has 0 aliphatic rings. The second-order valence-electron chi connectivity index (χ2n) is 3.47. The summed E-state index contributed by atoms with van der Waals surface area (Å²) in [4.78, 5) is 7.74. The smallest absolute Gasteiger partial charge is 0.131 e. The van der Waals surface area contributed by atoms with Crippen LogP contribution in [0.2, 0.25) is 0 Å². The van der Waals surface area contributed by atoms with Gasteiger partial charge in [0.05, 0.1) is 0 Å². The normalized spacial score (nSPS) is 10.4. The van der Waals surface area contributed by atoms with Crippen molar-refractivity contribution in [2.75, 3.05) is 7.05 Å². The summed E-state index contributed by atoms with van der Waals surface area (Å²) in [7, 11) is 1.83. The first-order valence-corrected chi connectivity index (χ1v) is 4.99. The van der Waals surface area contributed by atoms with Gasteiger partial charge in [0.15, 0.2) is 0 Å². The van der Waals surface area contributed by atoms with Gasteiger partial charge in [0.1, 0.15) is 12.1 Å². The standard InChI is InChI=1S/C12H12FN3/c1-14-5-9-2-3-11(12(13)4-9)10-6-15-8-16-7-10/h2-4,6-8,14H,5H2,1H3. The van der Waals surface area contributed by atoms with Crippen LogP contribution >= 0.6 is 0 Å². The molecule has 0 spiro atoms. The third-order valence-electron chi connectivity index (χ3n) is 2.29. The first-order chi connectivity index (χ1) is 7.81. The van der Waals surface area contributed by atoms with Crippen LogP contribution < -0.4 is 5.32 Å². The molecular formula is C12H12FN3. The molecule has 0 aliphatic heterocycles. The third kappa shape index (κ3) is 2.23. The van der Waals surface area contributed by atoms with Gasteiger partial charge in [-0.3, -0.25) is 0 Å². The summed E-state index contributed by atoms with van der Waals surface area (Å²) in [5.74, 6) is -0.248. The lowest BCUT2D eigenvalue weighted by molar-refractivity contribution is 0.627. The number of aromatic nitrogens is 2. The molecule has 16 heavy (non-hydrogen) atoms. The Balaban J connectivity index is 2.37. The molecule has 0 fully saturated rings. The predicted molar refractivity (Wildman–Crippen MR) is 60.2 cm³/mol. The molecule has 0 aliphatic carbocycles. The summed E-state index contributed by atoms with van der Waals surface area (Å²) >= 11 is 0. The Kier molecular flexibility index (Phi) is 3.22. The number of halogens is 1. The van der Waals surface area contributed by atoms with Crippen molar-refractivity contribution < 1.29 is 4.39 Å². The molecule has 2 rings (SSSR count). The Bertz CT molecular complexity index is 471. The largest absolute Gasteiger partial charge is 0.316 e. The third-order valence-corrected chi connectivity index (χ3v) is 2.29. The Morgan fingerprint density at radius 1 is 1.25 bits per heavy atom. The first kappa shape index (κ1) is 10.7. The Morgan fingerprint density at radius 3 is 2.62 bits per heavy atom. The molecule has 0 amide bonds. The molecule has 3 nitrogen and oxygen atoms in total. The minimum Gasteiger partial charge on any atom is -0.316 e. The van der Waals surface area contributed by atoms with Crippen LogP contribution in [0.3, 0.4) is 0 Å². The zero-order valence-corrected chi connectivity index (χ0v) is 8.94. The predicted octanol–water partition coefficient (Wildman–Crippen LogP) is 2.00. The van der Waals surface area contributed by atoms with Gasteiger partial charge in [-0.15, -0.1) is 0 Å². The zero-order valence-electron chi connectivity index (χ0n) is 8.94. The van der Waals surface area contributed by atoms with Gasteiger partial charge in [-0.1, -0.05) is 12.1 Å². The van der Waals surface area contributed by atoms with E-state index in [0.29, 0.717) is 17.7 Å². The van der Waals surface area contributed by atoms with E-state index in [-0.39, 0.29) is 5.82 Å². The van der Waals surface area contributed by atoms with Gasteiger partial charge < -0.3 is 5.32 Å². The number of rotatable bonds is 3. The fourth-order valence-electron chi connectivity index (χ4n) is 1.54. The van der Waals surface area contributed by atoms with Crippen LogP contribution in [0.1, 0.15) is 5.56 Å². The van der Waals surface area contributed by atoms with Crippen molar-refractivity contribution in [2.45, 2.75) is 6.54 Å². The summed E-state index contributed by atoms with van der Waals surface area (Å²) in [6.07, 6.45) is 4.63. The van der Waals surface area contributed by atoms with Crippen molar-refractivity contribution in [2.24, 2.45) is 0 Å². The van der Waals surface area contributed by atoms with Crippen molar-refractivity contribution in [3.05, 3.63) is 48.3 Å². The highest BCUT2D eigenvalue weighted by Gasteiger charge is 2.05. The van der Waals surface area contributed by atoms with Gasteiger partial charge in [0.25, 0.3) is 0 Å². The van der Waals surface area contributed by atoms with E-state index in [4.69, 9.17) is 0 Å². The van der Waals surface area contributed by atoms with E-state index in [2.05, 4.69) is 15.3 Å². The molecule has 4 heteroatoms. The fourth-order valence-corrected chi connectivity index (χ4v) is 1.54. The van der Waals surface area contributed by atoms with E-state index < -0.39 is 0 Å². The van der Waals surface area contributed by atoms with Crippen molar-refractivity contribution in [1.29, 1.82) is 0 Å². The van der Waals surface area contributed by atoms with Crippen LogP contribution in [0, 0.1) is 5.82 Å². The molecule has 2 aromatic rings. The van der Waals surface area contributed by atoms with Crippen LogP contribution in [-0.4, -0.2) is 17.0 Å². The summed E-state index contributed by atoms with van der Waals surface area (Å²) in [5, 5.41) is 2.98. The second kappa shape index (κ2) is 4.81. The first-order valence-electron chi connectivity index (χ1n) is 4.99. The molecule has 0 atom stereocenters. The number of hydrogen-bond donors (Lipinski definition) is 1. The summed E-state index contributed by atoms with van der Waals surface area (Å²) < 4.78 is 13.8. The van der Waals surface area contributed by atoms with Gasteiger partial charge in [-0.2, -0.15) is 0 Å². The van der Waals surface area contributed by atoms with Crippen LogP contribution in [0.5, 0.6) is 0 Å². The highest BCUT2D eigenvalue weighted by molar-refractivity contribution is 5.62. The quantitative estimate of drug-likeness (QED) is 0.854. The van der Waals surface area contributed by atoms with Crippen LogP contribution in [0.25, 0.3) is 11.1 Å². The van der Waals surface area contributed by atoms with E-state index >= 15 is 0 Å². The SMILES string of the molecule is CNCc1ccc(-c2cncnc2)c(F)c1. The molecule has 82 valence electrons. The molecule has 1 aromatic carbocycles.